The van der Waals surface area contributed by atoms with E-state index in [9.17, 15) is 18.0 Å². The highest BCUT2D eigenvalue weighted by Crippen LogP contribution is 2.28. The Morgan fingerprint density at radius 2 is 2.15 bits per heavy atom. The van der Waals surface area contributed by atoms with E-state index in [4.69, 9.17) is 5.73 Å². The number of aldehydes is 1. The molecule has 0 aliphatic heterocycles. The van der Waals surface area contributed by atoms with Gasteiger partial charge in [-0.2, -0.15) is 0 Å². The van der Waals surface area contributed by atoms with Crippen LogP contribution in [0.5, 0.6) is 0 Å². The van der Waals surface area contributed by atoms with E-state index >= 15 is 0 Å². The molecule has 2 N–H and O–H groups in total. The highest BCUT2D eigenvalue weighted by molar-refractivity contribution is 5.77. The molecule has 0 fully saturated rings. The lowest BCUT2D eigenvalue weighted by atomic mass is 10.1. The van der Waals surface area contributed by atoms with E-state index in [0.717, 1.165) is 0 Å². The number of rotatable bonds is 2. The van der Waals surface area contributed by atoms with Crippen LogP contribution in [0.15, 0.2) is 6.20 Å². The molecule has 0 spiro atoms. The Labute approximate surface area is 71.4 Å². The summed E-state index contributed by atoms with van der Waals surface area (Å²) in [4.78, 5) is 13.4. The minimum absolute atomic E-state index is 0.108. The molecule has 0 amide bonds. The minimum Gasteiger partial charge on any atom is -0.396 e. The highest BCUT2D eigenvalue weighted by Gasteiger charge is 2.20. The number of nitrogens with two attached hydrogens (primary N) is 1. The van der Waals surface area contributed by atoms with Crippen molar-refractivity contribution in [3.63, 3.8) is 0 Å². The summed E-state index contributed by atoms with van der Waals surface area (Å²) in [5.41, 5.74) is 2.89. The monoisotopic (exact) mass is 190 g/mol. The van der Waals surface area contributed by atoms with Gasteiger partial charge in [-0.25, -0.2) is 18.2 Å². The maximum absolute atomic E-state index is 12.6. The summed E-state index contributed by atoms with van der Waals surface area (Å²) < 4.78 is 37.0. The fourth-order valence-electron chi connectivity index (χ4n) is 0.855. The molecule has 70 valence electrons. The molecule has 0 atom stereocenters. The summed E-state index contributed by atoms with van der Waals surface area (Å²) in [7, 11) is 0. The third kappa shape index (κ3) is 1.61. The molecule has 0 aromatic carbocycles. The van der Waals surface area contributed by atoms with Crippen molar-refractivity contribution in [2.45, 2.75) is 6.43 Å². The number of carbonyl (C=O) groups is 1. The van der Waals surface area contributed by atoms with Crippen molar-refractivity contribution in [3.8, 4) is 0 Å². The van der Waals surface area contributed by atoms with Crippen LogP contribution in [0.1, 0.15) is 22.5 Å². The SMILES string of the molecule is Nc1c(F)cnc(C=O)c1C(F)F. The van der Waals surface area contributed by atoms with Crippen LogP contribution in [0.25, 0.3) is 0 Å². The maximum Gasteiger partial charge on any atom is 0.268 e. The molecule has 6 heteroatoms. The zero-order chi connectivity index (χ0) is 10.0. The standard InChI is InChI=1S/C7H5F3N2O/c8-3-1-12-4(2-13)5(6(3)11)7(9)10/h1-2,7H,(H2,11,12). The molecular formula is C7H5F3N2O. The first kappa shape index (κ1) is 9.50. The van der Waals surface area contributed by atoms with E-state index in [1.807, 2.05) is 0 Å². The lowest BCUT2D eigenvalue weighted by Crippen LogP contribution is -2.05. The molecule has 1 aromatic rings. The lowest BCUT2D eigenvalue weighted by molar-refractivity contribution is 0.110. The molecule has 0 saturated heterocycles. The van der Waals surface area contributed by atoms with Gasteiger partial charge >= 0.3 is 0 Å². The highest BCUT2D eigenvalue weighted by atomic mass is 19.3. The van der Waals surface area contributed by atoms with Gasteiger partial charge in [0.1, 0.15) is 5.69 Å². The summed E-state index contributed by atoms with van der Waals surface area (Å²) in [5.74, 6) is -1.05. The van der Waals surface area contributed by atoms with Gasteiger partial charge in [0.05, 0.1) is 17.4 Å². The number of halogens is 3. The second-order valence-corrected chi connectivity index (χ2v) is 2.24. The third-order valence-corrected chi connectivity index (χ3v) is 1.47. The molecule has 0 unspecified atom stereocenters. The lowest BCUT2D eigenvalue weighted by Gasteiger charge is -2.06. The average Bonchev–Trinajstić information content (AvgIpc) is 2.08. The first-order valence-corrected chi connectivity index (χ1v) is 3.25. The second-order valence-electron chi connectivity index (χ2n) is 2.24. The van der Waals surface area contributed by atoms with Gasteiger partial charge < -0.3 is 5.73 Å². The van der Waals surface area contributed by atoms with Crippen LogP contribution >= 0.6 is 0 Å². The molecule has 1 heterocycles. The van der Waals surface area contributed by atoms with Crippen LogP contribution in [0.2, 0.25) is 0 Å². The summed E-state index contributed by atoms with van der Waals surface area (Å²) >= 11 is 0. The summed E-state index contributed by atoms with van der Waals surface area (Å²) in [6, 6.07) is 0. The largest absolute Gasteiger partial charge is 0.396 e. The number of nitrogen functional groups attached to an aromatic ring is 1. The zero-order valence-corrected chi connectivity index (χ0v) is 6.30. The van der Waals surface area contributed by atoms with Crippen LogP contribution in [0.3, 0.4) is 0 Å². The van der Waals surface area contributed by atoms with Crippen LogP contribution < -0.4 is 5.73 Å². The molecule has 1 rings (SSSR count). The van der Waals surface area contributed by atoms with Crippen molar-refractivity contribution in [1.82, 2.24) is 4.98 Å². The number of aromatic nitrogens is 1. The predicted octanol–water partition coefficient (Wildman–Crippen LogP) is 1.55. The normalized spacial score (nSPS) is 10.5. The fourth-order valence-corrected chi connectivity index (χ4v) is 0.855. The molecule has 3 nitrogen and oxygen atoms in total. The van der Waals surface area contributed by atoms with E-state index in [-0.39, 0.29) is 6.29 Å². The van der Waals surface area contributed by atoms with Crippen LogP contribution in [0, 0.1) is 5.82 Å². The van der Waals surface area contributed by atoms with Gasteiger partial charge in [0.2, 0.25) is 0 Å². The van der Waals surface area contributed by atoms with Crippen molar-refractivity contribution < 1.29 is 18.0 Å². The number of hydrogen-bond acceptors (Lipinski definition) is 3. The predicted molar refractivity (Wildman–Crippen MR) is 39.0 cm³/mol. The second kappa shape index (κ2) is 3.42. The first-order chi connectivity index (χ1) is 6.07. The molecule has 13 heavy (non-hydrogen) atoms. The molecular weight excluding hydrogens is 185 g/mol. The maximum atomic E-state index is 12.6. The zero-order valence-electron chi connectivity index (χ0n) is 6.30. The smallest absolute Gasteiger partial charge is 0.268 e. The van der Waals surface area contributed by atoms with E-state index in [0.29, 0.717) is 6.20 Å². The van der Waals surface area contributed by atoms with E-state index in [2.05, 4.69) is 4.98 Å². The summed E-state index contributed by atoms with van der Waals surface area (Å²) in [5, 5.41) is 0. The van der Waals surface area contributed by atoms with Crippen LogP contribution in [-0.4, -0.2) is 11.3 Å². The van der Waals surface area contributed by atoms with Crippen LogP contribution in [0.4, 0.5) is 18.9 Å². The van der Waals surface area contributed by atoms with Gasteiger partial charge in [0.15, 0.2) is 12.1 Å². The van der Waals surface area contributed by atoms with Gasteiger partial charge in [-0.1, -0.05) is 0 Å². The topological polar surface area (TPSA) is 56.0 Å². The fraction of sp³-hybridized carbons (Fsp3) is 0.143. The quantitative estimate of drug-likeness (QED) is 0.720. The Morgan fingerprint density at radius 1 is 1.54 bits per heavy atom. The first-order valence-electron chi connectivity index (χ1n) is 3.25. The third-order valence-electron chi connectivity index (χ3n) is 1.47. The molecule has 0 aliphatic rings. The molecule has 0 bridgehead atoms. The van der Waals surface area contributed by atoms with Crippen molar-refractivity contribution in [2.75, 3.05) is 5.73 Å². The Hall–Kier alpha value is -1.59. The summed E-state index contributed by atoms with van der Waals surface area (Å²) in [6.45, 7) is 0. The Bertz CT molecular complexity index is 341. The van der Waals surface area contributed by atoms with Gasteiger partial charge in [0.25, 0.3) is 6.43 Å². The molecule has 1 aromatic heterocycles. The Balaban J connectivity index is 3.41. The number of hydrogen-bond donors (Lipinski definition) is 1. The number of anilines is 1. The minimum atomic E-state index is -3.01. The summed E-state index contributed by atoms with van der Waals surface area (Å²) in [6.07, 6.45) is -2.27. The van der Waals surface area contributed by atoms with Crippen molar-refractivity contribution in [1.29, 1.82) is 0 Å². The average molecular weight is 190 g/mol. The number of pyridine rings is 1. The van der Waals surface area contributed by atoms with Crippen molar-refractivity contribution >= 4 is 12.0 Å². The van der Waals surface area contributed by atoms with Crippen molar-refractivity contribution in [3.05, 3.63) is 23.3 Å². The van der Waals surface area contributed by atoms with E-state index in [1.54, 1.807) is 0 Å². The number of alkyl halides is 2. The van der Waals surface area contributed by atoms with Crippen molar-refractivity contribution in [2.24, 2.45) is 0 Å². The molecule has 0 aliphatic carbocycles. The number of carbonyl (C=O) groups excluding carboxylic acids is 1. The van der Waals surface area contributed by atoms with Crippen LogP contribution in [-0.2, 0) is 0 Å². The van der Waals surface area contributed by atoms with Gasteiger partial charge in [-0.3, -0.25) is 4.79 Å². The van der Waals surface area contributed by atoms with Gasteiger partial charge in [0, 0.05) is 0 Å². The molecule has 0 saturated carbocycles. The Kier molecular flexibility index (Phi) is 2.50. The van der Waals surface area contributed by atoms with E-state index < -0.39 is 29.2 Å². The number of nitrogens with zero attached hydrogens (tertiary/aromatic N) is 1. The Morgan fingerprint density at radius 3 is 2.62 bits per heavy atom. The van der Waals surface area contributed by atoms with Gasteiger partial charge in [-0.05, 0) is 0 Å². The molecule has 0 radical (unpaired) electrons. The van der Waals surface area contributed by atoms with E-state index in [1.165, 1.54) is 0 Å². The van der Waals surface area contributed by atoms with Gasteiger partial charge in [-0.15, -0.1) is 0 Å².